The maximum Gasteiger partial charge on any atom is 0.336 e. The summed E-state index contributed by atoms with van der Waals surface area (Å²) in [5, 5.41) is 8.57. The average molecular weight is 316 g/mol. The van der Waals surface area contributed by atoms with Crippen molar-refractivity contribution in [1.82, 2.24) is 0 Å². The Balaban J connectivity index is 3.50. The molecule has 0 aliphatic rings. The lowest BCUT2D eigenvalue weighted by atomic mass is 10.2. The van der Waals surface area contributed by atoms with E-state index in [1.807, 2.05) is 0 Å². The van der Waals surface area contributed by atoms with Crippen LogP contribution in [-0.2, 0) is 0 Å². The maximum absolute atomic E-state index is 12.8. The van der Waals surface area contributed by atoms with Crippen molar-refractivity contribution >= 4 is 37.8 Å². The first kappa shape index (κ1) is 10.6. The first-order chi connectivity index (χ1) is 5.95. The molecule has 13 heavy (non-hydrogen) atoms. The van der Waals surface area contributed by atoms with Crippen molar-refractivity contribution in [3.63, 3.8) is 0 Å². The van der Waals surface area contributed by atoms with Gasteiger partial charge < -0.3 is 5.11 Å². The van der Waals surface area contributed by atoms with Crippen molar-refractivity contribution in [3.05, 3.63) is 32.2 Å². The summed E-state index contributed by atoms with van der Waals surface area (Å²) in [5.41, 5.74) is -0.328. The van der Waals surface area contributed by atoms with Gasteiger partial charge in [-0.3, -0.25) is 0 Å². The third-order valence-corrected chi connectivity index (χ3v) is 3.43. The number of benzene rings is 1. The third-order valence-electron chi connectivity index (χ3n) is 1.33. The van der Waals surface area contributed by atoms with E-state index >= 15 is 0 Å². The molecule has 1 rings (SSSR count). The van der Waals surface area contributed by atoms with Crippen LogP contribution in [0.2, 0.25) is 0 Å². The normalized spacial score (nSPS) is 10.2. The van der Waals surface area contributed by atoms with E-state index in [-0.39, 0.29) is 14.5 Å². The van der Waals surface area contributed by atoms with E-state index in [1.54, 1.807) is 0 Å². The molecule has 2 nitrogen and oxygen atoms in total. The molecular formula is C7H2Br2F2O2. The molecule has 0 fully saturated rings. The van der Waals surface area contributed by atoms with Crippen molar-refractivity contribution in [3.8, 4) is 0 Å². The summed E-state index contributed by atoms with van der Waals surface area (Å²) in [6, 6.07) is 0.618. The first-order valence-electron chi connectivity index (χ1n) is 3.01. The Bertz CT molecular complexity index is 379. The Morgan fingerprint density at radius 1 is 1.31 bits per heavy atom. The van der Waals surface area contributed by atoms with Crippen LogP contribution in [0.15, 0.2) is 15.0 Å². The summed E-state index contributed by atoms with van der Waals surface area (Å²) < 4.78 is 25.2. The van der Waals surface area contributed by atoms with Gasteiger partial charge in [0.2, 0.25) is 0 Å². The van der Waals surface area contributed by atoms with E-state index in [0.717, 1.165) is 0 Å². The molecule has 0 spiro atoms. The van der Waals surface area contributed by atoms with Crippen molar-refractivity contribution in [1.29, 1.82) is 0 Å². The van der Waals surface area contributed by atoms with Crippen LogP contribution in [0.5, 0.6) is 0 Å². The highest BCUT2D eigenvalue weighted by molar-refractivity contribution is 9.13. The first-order valence-corrected chi connectivity index (χ1v) is 4.60. The summed E-state index contributed by atoms with van der Waals surface area (Å²) >= 11 is 5.56. The van der Waals surface area contributed by atoms with Gasteiger partial charge in [-0.1, -0.05) is 0 Å². The topological polar surface area (TPSA) is 37.3 Å². The average Bonchev–Trinajstić information content (AvgIpc) is 2.07. The number of hydrogen-bond acceptors (Lipinski definition) is 1. The molecule has 0 aromatic heterocycles. The molecule has 0 amide bonds. The van der Waals surface area contributed by atoms with Gasteiger partial charge in [0.25, 0.3) is 0 Å². The molecule has 0 radical (unpaired) electrons. The van der Waals surface area contributed by atoms with Crippen LogP contribution in [0, 0.1) is 11.6 Å². The zero-order valence-corrected chi connectivity index (χ0v) is 9.12. The van der Waals surface area contributed by atoms with Gasteiger partial charge in [-0.25, -0.2) is 13.6 Å². The van der Waals surface area contributed by atoms with E-state index in [0.29, 0.717) is 6.07 Å². The number of aromatic carboxylic acids is 1. The van der Waals surface area contributed by atoms with E-state index in [9.17, 15) is 13.6 Å². The zero-order chi connectivity index (χ0) is 10.2. The molecular weight excluding hydrogens is 314 g/mol. The number of carboxylic acid groups (broad SMARTS) is 1. The molecule has 1 aromatic carbocycles. The van der Waals surface area contributed by atoms with Gasteiger partial charge >= 0.3 is 5.97 Å². The second-order valence-corrected chi connectivity index (χ2v) is 3.74. The van der Waals surface area contributed by atoms with Gasteiger partial charge in [0.05, 0.1) is 10.0 Å². The van der Waals surface area contributed by atoms with Gasteiger partial charge in [0.15, 0.2) is 11.6 Å². The lowest BCUT2D eigenvalue weighted by Crippen LogP contribution is -2.01. The van der Waals surface area contributed by atoms with Gasteiger partial charge in [-0.15, -0.1) is 0 Å². The fourth-order valence-electron chi connectivity index (χ4n) is 0.728. The highest BCUT2D eigenvalue weighted by Crippen LogP contribution is 2.31. The van der Waals surface area contributed by atoms with Gasteiger partial charge in [-0.05, 0) is 37.9 Å². The van der Waals surface area contributed by atoms with Crippen LogP contribution >= 0.6 is 31.9 Å². The molecule has 6 heteroatoms. The second-order valence-electron chi connectivity index (χ2n) is 2.15. The number of hydrogen-bond donors (Lipinski definition) is 1. The summed E-state index contributed by atoms with van der Waals surface area (Å²) in [4.78, 5) is 10.5. The maximum atomic E-state index is 12.8. The molecule has 1 N–H and O–H groups in total. The molecule has 0 aliphatic carbocycles. The summed E-state index contributed by atoms with van der Waals surface area (Å²) in [6.07, 6.45) is 0. The van der Waals surface area contributed by atoms with Crippen LogP contribution in [0.25, 0.3) is 0 Å². The molecule has 0 atom stereocenters. The quantitative estimate of drug-likeness (QED) is 0.638. The van der Waals surface area contributed by atoms with E-state index in [1.165, 1.54) is 0 Å². The van der Waals surface area contributed by atoms with Crippen LogP contribution < -0.4 is 0 Å². The lowest BCUT2D eigenvalue weighted by molar-refractivity contribution is 0.0695. The minimum Gasteiger partial charge on any atom is -0.478 e. The number of carbonyl (C=O) groups is 1. The van der Waals surface area contributed by atoms with Crippen molar-refractivity contribution < 1.29 is 18.7 Å². The number of carboxylic acids is 1. The molecule has 0 saturated carbocycles. The SMILES string of the molecule is O=C(O)c1cc(F)c(F)c(Br)c1Br. The summed E-state index contributed by atoms with van der Waals surface area (Å²) in [7, 11) is 0. The fourth-order valence-corrected chi connectivity index (χ4v) is 1.59. The molecule has 0 heterocycles. The van der Waals surface area contributed by atoms with Crippen LogP contribution in [-0.4, -0.2) is 11.1 Å². The molecule has 70 valence electrons. The van der Waals surface area contributed by atoms with Crippen LogP contribution in [0.1, 0.15) is 10.4 Å². The monoisotopic (exact) mass is 314 g/mol. The summed E-state index contributed by atoms with van der Waals surface area (Å²) in [5.74, 6) is -3.64. The lowest BCUT2D eigenvalue weighted by Gasteiger charge is -2.03. The van der Waals surface area contributed by atoms with Crippen molar-refractivity contribution in [2.45, 2.75) is 0 Å². The predicted octanol–water partition coefficient (Wildman–Crippen LogP) is 3.19. The largest absolute Gasteiger partial charge is 0.478 e. The molecule has 0 unspecified atom stereocenters. The van der Waals surface area contributed by atoms with Gasteiger partial charge in [-0.2, -0.15) is 0 Å². The van der Waals surface area contributed by atoms with E-state index < -0.39 is 17.6 Å². The Labute approximate surface area is 88.8 Å². The van der Waals surface area contributed by atoms with Gasteiger partial charge in [0.1, 0.15) is 0 Å². The highest BCUT2D eigenvalue weighted by Gasteiger charge is 2.18. The smallest absolute Gasteiger partial charge is 0.336 e. The molecule has 0 aliphatic heterocycles. The Morgan fingerprint density at radius 3 is 2.31 bits per heavy atom. The van der Waals surface area contributed by atoms with Crippen LogP contribution in [0.3, 0.4) is 0 Å². The standard InChI is InChI=1S/C7H2Br2F2O2/c8-4-2(7(12)13)1-3(10)6(11)5(4)9/h1H,(H,12,13). The van der Waals surface area contributed by atoms with Crippen molar-refractivity contribution in [2.75, 3.05) is 0 Å². The number of rotatable bonds is 1. The van der Waals surface area contributed by atoms with E-state index in [4.69, 9.17) is 5.11 Å². The second kappa shape index (κ2) is 3.71. The van der Waals surface area contributed by atoms with Crippen LogP contribution in [0.4, 0.5) is 8.78 Å². The third kappa shape index (κ3) is 1.88. The molecule has 0 saturated heterocycles. The molecule has 0 bridgehead atoms. The van der Waals surface area contributed by atoms with E-state index in [2.05, 4.69) is 31.9 Å². The minimum atomic E-state index is -1.33. The highest BCUT2D eigenvalue weighted by atomic mass is 79.9. The molecule has 1 aromatic rings. The number of halogens is 4. The Hall–Kier alpha value is -0.490. The minimum absolute atomic E-state index is 0.0149. The van der Waals surface area contributed by atoms with Crippen molar-refractivity contribution in [2.24, 2.45) is 0 Å². The predicted molar refractivity (Wildman–Crippen MR) is 48.7 cm³/mol. The zero-order valence-electron chi connectivity index (χ0n) is 5.94. The Morgan fingerprint density at radius 2 is 1.85 bits per heavy atom. The fraction of sp³-hybridized carbons (Fsp3) is 0. The Kier molecular flexibility index (Phi) is 3.02. The van der Waals surface area contributed by atoms with Gasteiger partial charge in [0, 0.05) is 4.47 Å². The summed E-state index contributed by atoms with van der Waals surface area (Å²) in [6.45, 7) is 0.